The molecular weight excluding hydrogens is 1240 g/mol. The van der Waals surface area contributed by atoms with Crippen molar-refractivity contribution in [2.45, 2.75) is 98.1 Å². The van der Waals surface area contributed by atoms with Gasteiger partial charge in [-0.05, 0) is 246 Å². The average Bonchev–Trinajstić information content (AvgIpc) is 0.739. The molecule has 0 saturated carbocycles. The first-order chi connectivity index (χ1) is 46.9. The number of anilines is 2. The Balaban J connectivity index is 0.930. The molecule has 0 bridgehead atoms. The molecule has 0 radical (unpaired) electrons. The van der Waals surface area contributed by atoms with Crippen molar-refractivity contribution in [3.63, 3.8) is 0 Å². The summed E-state index contributed by atoms with van der Waals surface area (Å²) in [6, 6.07) is 59.6. The molecule has 0 amide bonds. The van der Waals surface area contributed by atoms with Gasteiger partial charge in [-0.2, -0.15) is 39.5 Å². The lowest BCUT2D eigenvalue weighted by Crippen LogP contribution is -2.35. The molecule has 3 aliphatic carbocycles. The van der Waals surface area contributed by atoms with E-state index in [1.165, 1.54) is 18.2 Å². The lowest BCUT2D eigenvalue weighted by Gasteiger charge is -2.46. The van der Waals surface area contributed by atoms with Gasteiger partial charge in [-0.1, -0.05) is 208 Å². The molecule has 0 heterocycles. The Labute approximate surface area is 564 Å². The second-order valence-electron chi connectivity index (χ2n) is 27.5. The fourth-order valence-corrected chi connectivity index (χ4v) is 16.9. The van der Waals surface area contributed by atoms with Crippen LogP contribution >= 0.6 is 0 Å². The van der Waals surface area contributed by atoms with Crippen molar-refractivity contribution in [3.8, 4) is 44.5 Å². The molecule has 12 aromatic rings. The van der Waals surface area contributed by atoms with Gasteiger partial charge in [0.25, 0.3) is 0 Å². The van der Waals surface area contributed by atoms with Crippen LogP contribution in [0.4, 0.5) is 50.9 Å². The van der Waals surface area contributed by atoms with Gasteiger partial charge in [0.05, 0.1) is 16.7 Å². The number of fused-ring (bicyclic) bond motifs is 6. The molecule has 1 nitrogen and oxygen atoms in total. The number of alkyl halides is 9. The van der Waals surface area contributed by atoms with Crippen LogP contribution in [-0.4, -0.2) is 0 Å². The molecule has 5 unspecified atom stereocenters. The lowest BCUT2D eigenvalue weighted by atomic mass is 9.58. The SMILES string of the molecule is CC1=CC(c2c(C(F)(F)F)cc(C3CC=CC4CCC=CC43C)c3ccccc23)C(C)C=C1N(c1cc(C)c(-c2c(C(F)(F)F)cc(-c3cccc4ccccc34)c3ccccc23)cc1C)c1cc(C)c(-c2c(C(F)(F)F)cc(-c3cccc4ccccc34)c3ccccc23)cc1C. The highest BCUT2D eigenvalue weighted by atomic mass is 19.4. The summed E-state index contributed by atoms with van der Waals surface area (Å²) in [5, 5.41) is 6.77. The van der Waals surface area contributed by atoms with Crippen LogP contribution < -0.4 is 4.90 Å². The molecule has 490 valence electrons. The van der Waals surface area contributed by atoms with Gasteiger partial charge in [-0.15, -0.1) is 0 Å². The summed E-state index contributed by atoms with van der Waals surface area (Å²) in [6.07, 6.45) is 0.689. The Morgan fingerprint density at radius 1 is 0.418 bits per heavy atom. The van der Waals surface area contributed by atoms with E-state index in [1.54, 1.807) is 56.3 Å². The normalized spacial score (nSPS) is 19.0. The topological polar surface area (TPSA) is 3.24 Å². The van der Waals surface area contributed by atoms with Crippen LogP contribution in [0.3, 0.4) is 0 Å². The van der Waals surface area contributed by atoms with Gasteiger partial charge < -0.3 is 4.90 Å². The van der Waals surface area contributed by atoms with Crippen LogP contribution in [0.1, 0.15) is 102 Å². The number of hydrogen-bond acceptors (Lipinski definition) is 1. The highest BCUT2D eigenvalue weighted by Gasteiger charge is 2.46. The first kappa shape index (κ1) is 64.1. The summed E-state index contributed by atoms with van der Waals surface area (Å²) >= 11 is 0. The van der Waals surface area contributed by atoms with Crippen molar-refractivity contribution in [3.05, 3.63) is 298 Å². The van der Waals surface area contributed by atoms with E-state index >= 15 is 39.5 Å². The number of halogens is 9. The molecule has 10 heteroatoms. The van der Waals surface area contributed by atoms with E-state index in [9.17, 15) is 0 Å². The first-order valence-corrected chi connectivity index (χ1v) is 33.5. The molecule has 3 aliphatic rings. The van der Waals surface area contributed by atoms with Crippen LogP contribution in [0.2, 0.25) is 0 Å². The van der Waals surface area contributed by atoms with E-state index in [0.717, 1.165) is 39.8 Å². The maximum atomic E-state index is 16.3. The molecule has 0 aliphatic heterocycles. The molecule has 12 aromatic carbocycles. The highest BCUT2D eigenvalue weighted by Crippen LogP contribution is 2.58. The van der Waals surface area contributed by atoms with Gasteiger partial charge in [0.15, 0.2) is 0 Å². The monoisotopic (exact) mass is 1310 g/mol. The number of benzene rings is 12. The number of aryl methyl sites for hydroxylation is 4. The second-order valence-corrected chi connectivity index (χ2v) is 27.5. The van der Waals surface area contributed by atoms with Crippen LogP contribution in [0.15, 0.2) is 248 Å². The summed E-state index contributed by atoms with van der Waals surface area (Å²) < 4.78 is 146. The minimum atomic E-state index is -4.81. The Morgan fingerprint density at radius 2 is 0.867 bits per heavy atom. The third kappa shape index (κ3) is 10.7. The van der Waals surface area contributed by atoms with Crippen LogP contribution in [0.25, 0.3) is 98.4 Å². The molecular formula is C88H70F9N. The van der Waals surface area contributed by atoms with E-state index in [0.29, 0.717) is 117 Å². The van der Waals surface area contributed by atoms with Crippen molar-refractivity contribution in [1.29, 1.82) is 0 Å². The average molecular weight is 1310 g/mol. The zero-order chi connectivity index (χ0) is 68.5. The van der Waals surface area contributed by atoms with Crippen molar-refractivity contribution in [2.75, 3.05) is 4.90 Å². The standard InChI is InChI=1S/C88H70F9N/c1-50-44-79(53(4)41-69(50)82-66-34-15-12-31-63(66)72(47-76(82)86(89,90)91)61-37-20-25-56-23-8-10-29-59(56)61)98(80-45-51(2)70(42-54(80)5)83-67-35-16-13-32-64(67)73(48-77(83)87(92,93)94)62-38-21-26-57-24-9-11-30-60(57)62)81-46-52(3)71(43-55(81)6)84-68-36-17-14-33-65(68)74(49-78(84)88(95,96)97)75-39-22-28-58-27-18-19-40-85(58,75)7/h8-17,19-26,28-38,40-49,52,58,71,75H,18,27,39H2,1-7H3. The summed E-state index contributed by atoms with van der Waals surface area (Å²) in [7, 11) is 0. The van der Waals surface area contributed by atoms with Crippen molar-refractivity contribution < 1.29 is 39.5 Å². The van der Waals surface area contributed by atoms with Gasteiger partial charge in [0.2, 0.25) is 0 Å². The fourth-order valence-electron chi connectivity index (χ4n) is 16.9. The summed E-state index contributed by atoms with van der Waals surface area (Å²) in [5.74, 6) is -1.41. The molecule has 0 spiro atoms. The Morgan fingerprint density at radius 3 is 1.37 bits per heavy atom. The van der Waals surface area contributed by atoms with E-state index in [1.807, 2.05) is 184 Å². The Bertz CT molecular complexity index is 5160. The van der Waals surface area contributed by atoms with Gasteiger partial charge in [-0.25, -0.2) is 0 Å². The van der Waals surface area contributed by atoms with E-state index in [-0.39, 0.29) is 28.5 Å². The molecule has 0 N–H and O–H groups in total. The number of rotatable bonds is 9. The predicted molar refractivity (Wildman–Crippen MR) is 385 cm³/mol. The Hall–Kier alpha value is -9.93. The zero-order valence-corrected chi connectivity index (χ0v) is 55.3. The minimum absolute atomic E-state index is 0.0125. The van der Waals surface area contributed by atoms with Crippen molar-refractivity contribution in [1.82, 2.24) is 0 Å². The second kappa shape index (κ2) is 24.0. The largest absolute Gasteiger partial charge is 0.417 e. The number of allylic oxidation sites excluding steroid dienone is 7. The molecule has 98 heavy (non-hydrogen) atoms. The first-order valence-electron chi connectivity index (χ1n) is 33.5. The van der Waals surface area contributed by atoms with Gasteiger partial charge >= 0.3 is 18.5 Å². The van der Waals surface area contributed by atoms with Gasteiger partial charge in [-0.3, -0.25) is 0 Å². The Kier molecular flexibility index (Phi) is 15.7. The predicted octanol–water partition coefficient (Wildman–Crippen LogP) is 26.8. The highest BCUT2D eigenvalue weighted by molar-refractivity contribution is 6.13. The van der Waals surface area contributed by atoms with Gasteiger partial charge in [0.1, 0.15) is 0 Å². The summed E-state index contributed by atoms with van der Waals surface area (Å²) in [5.41, 5.74) is 5.57. The fraction of sp³-hybridized carbons (Fsp3) is 0.205. The summed E-state index contributed by atoms with van der Waals surface area (Å²) in [4.78, 5) is 2.01. The van der Waals surface area contributed by atoms with Crippen LogP contribution in [0, 0.1) is 44.9 Å². The lowest BCUT2D eigenvalue weighted by molar-refractivity contribution is -0.138. The van der Waals surface area contributed by atoms with Crippen LogP contribution in [0.5, 0.6) is 0 Å². The van der Waals surface area contributed by atoms with E-state index in [2.05, 4.69) is 31.2 Å². The quantitative estimate of drug-likeness (QED) is 0.103. The number of nitrogens with zero attached hydrogens (tertiary/aromatic N) is 1. The van der Waals surface area contributed by atoms with Crippen molar-refractivity contribution in [2.24, 2.45) is 17.3 Å². The van der Waals surface area contributed by atoms with E-state index in [4.69, 9.17) is 0 Å². The molecule has 5 atom stereocenters. The third-order valence-electron chi connectivity index (χ3n) is 21.6. The smallest absolute Gasteiger partial charge is 0.310 e. The maximum absolute atomic E-state index is 16.3. The maximum Gasteiger partial charge on any atom is 0.417 e. The molecule has 0 saturated heterocycles. The van der Waals surface area contributed by atoms with E-state index < -0.39 is 52.5 Å². The summed E-state index contributed by atoms with van der Waals surface area (Å²) in [6.45, 7) is 13.2. The third-order valence-corrected chi connectivity index (χ3v) is 21.6. The number of hydrogen-bond donors (Lipinski definition) is 0. The minimum Gasteiger partial charge on any atom is -0.310 e. The molecule has 0 aromatic heterocycles. The van der Waals surface area contributed by atoms with Crippen LogP contribution in [-0.2, 0) is 18.5 Å². The molecule has 15 rings (SSSR count). The molecule has 0 fully saturated rings. The zero-order valence-electron chi connectivity index (χ0n) is 55.3. The van der Waals surface area contributed by atoms with Crippen molar-refractivity contribution >= 4 is 65.2 Å². The van der Waals surface area contributed by atoms with Gasteiger partial charge in [0, 0.05) is 34.1 Å².